The van der Waals surface area contributed by atoms with Crippen LogP contribution >= 0.6 is 0 Å². The Hall–Kier alpha value is -2.01. The van der Waals surface area contributed by atoms with Crippen LogP contribution in [0, 0.1) is 0 Å². The molecule has 5 nitrogen and oxygen atoms in total. The fraction of sp³-hybridized carbons (Fsp3) is 0.550. The van der Waals surface area contributed by atoms with Gasteiger partial charge >= 0.3 is 0 Å². The van der Waals surface area contributed by atoms with E-state index in [0.717, 1.165) is 71.3 Å². The molecule has 25 heavy (non-hydrogen) atoms. The number of guanidine groups is 1. The second kappa shape index (κ2) is 9.47. The van der Waals surface area contributed by atoms with E-state index in [1.54, 1.807) is 0 Å². The van der Waals surface area contributed by atoms with Crippen molar-refractivity contribution in [1.82, 2.24) is 10.2 Å². The summed E-state index contributed by atoms with van der Waals surface area (Å²) in [7, 11) is 0. The minimum atomic E-state index is 0.764. The highest BCUT2D eigenvalue weighted by atomic mass is 16.5. The highest BCUT2D eigenvalue weighted by Crippen LogP contribution is 2.16. The molecule has 2 heterocycles. The largest absolute Gasteiger partial charge is 0.377 e. The van der Waals surface area contributed by atoms with Gasteiger partial charge in [0.25, 0.3) is 0 Å². The third-order valence-corrected chi connectivity index (χ3v) is 4.79. The van der Waals surface area contributed by atoms with Crippen LogP contribution in [-0.4, -0.2) is 63.3 Å². The normalized spacial score (nSPS) is 18.9. The first-order chi connectivity index (χ1) is 12.4. The van der Waals surface area contributed by atoms with Gasteiger partial charge in [-0.1, -0.05) is 29.8 Å². The van der Waals surface area contributed by atoms with Crippen LogP contribution < -0.4 is 10.2 Å². The van der Waals surface area contributed by atoms with Crippen molar-refractivity contribution in [1.29, 1.82) is 0 Å². The van der Waals surface area contributed by atoms with E-state index in [1.165, 1.54) is 11.3 Å². The Morgan fingerprint density at radius 1 is 1.16 bits per heavy atom. The van der Waals surface area contributed by atoms with Crippen molar-refractivity contribution in [2.75, 3.05) is 57.4 Å². The summed E-state index contributed by atoms with van der Waals surface area (Å²) in [5, 5.41) is 3.46. The van der Waals surface area contributed by atoms with Gasteiger partial charge < -0.3 is 19.9 Å². The third kappa shape index (κ3) is 5.23. The first kappa shape index (κ1) is 17.8. The van der Waals surface area contributed by atoms with Gasteiger partial charge in [0.1, 0.15) is 0 Å². The number of para-hydroxylation sites is 1. The molecule has 0 spiro atoms. The van der Waals surface area contributed by atoms with E-state index < -0.39 is 0 Å². The number of nitrogens with zero attached hydrogens (tertiary/aromatic N) is 3. The van der Waals surface area contributed by atoms with Crippen LogP contribution in [0.2, 0.25) is 0 Å². The van der Waals surface area contributed by atoms with E-state index >= 15 is 0 Å². The molecule has 0 radical (unpaired) electrons. The molecule has 136 valence electrons. The standard InChI is InChI=1S/C20H30N4O/c1-2-21-20(22-11-8-18-9-16-25-17-10-18)24-14-12-23(13-15-24)19-6-4-3-5-7-19/h3-7,9H,2,8,10-17H2,1H3,(H,21,22). The van der Waals surface area contributed by atoms with E-state index in [9.17, 15) is 0 Å². The molecule has 0 aromatic heterocycles. The first-order valence-electron chi connectivity index (χ1n) is 9.45. The van der Waals surface area contributed by atoms with Crippen molar-refractivity contribution < 1.29 is 4.74 Å². The number of nitrogens with one attached hydrogen (secondary N) is 1. The number of anilines is 1. The zero-order valence-corrected chi connectivity index (χ0v) is 15.3. The van der Waals surface area contributed by atoms with Crippen molar-refractivity contribution >= 4 is 11.6 Å². The summed E-state index contributed by atoms with van der Waals surface area (Å²) in [6.45, 7) is 9.62. The summed E-state index contributed by atoms with van der Waals surface area (Å²) < 4.78 is 5.37. The number of benzene rings is 1. The van der Waals surface area contributed by atoms with E-state index in [1.807, 2.05) is 0 Å². The number of ether oxygens (including phenoxy) is 1. The number of hydrogen-bond acceptors (Lipinski definition) is 3. The molecule has 5 heteroatoms. The molecule has 3 rings (SSSR count). The molecule has 1 aromatic rings. The van der Waals surface area contributed by atoms with Gasteiger partial charge in [0.05, 0.1) is 13.2 Å². The molecule has 1 N–H and O–H groups in total. The number of piperazine rings is 1. The SMILES string of the molecule is CCNC(=NCCC1=CCOCC1)N1CCN(c2ccccc2)CC1. The maximum absolute atomic E-state index is 5.37. The number of hydrogen-bond donors (Lipinski definition) is 1. The van der Waals surface area contributed by atoms with Crippen LogP contribution in [-0.2, 0) is 4.74 Å². The molecule has 1 aromatic carbocycles. The third-order valence-electron chi connectivity index (χ3n) is 4.79. The smallest absolute Gasteiger partial charge is 0.194 e. The summed E-state index contributed by atoms with van der Waals surface area (Å²) in [5.74, 6) is 1.06. The quantitative estimate of drug-likeness (QED) is 0.507. The highest BCUT2D eigenvalue weighted by Gasteiger charge is 2.19. The van der Waals surface area contributed by atoms with Gasteiger partial charge in [-0.3, -0.25) is 4.99 Å². The predicted octanol–water partition coefficient (Wildman–Crippen LogP) is 2.51. The van der Waals surface area contributed by atoms with Gasteiger partial charge in [-0.2, -0.15) is 0 Å². The molecule has 0 aliphatic carbocycles. The Labute approximate surface area is 151 Å². The fourth-order valence-electron chi connectivity index (χ4n) is 3.34. The lowest BCUT2D eigenvalue weighted by Gasteiger charge is -2.37. The molecule has 0 amide bonds. The van der Waals surface area contributed by atoms with E-state index in [4.69, 9.17) is 9.73 Å². The maximum Gasteiger partial charge on any atom is 0.194 e. The summed E-state index contributed by atoms with van der Waals surface area (Å²) >= 11 is 0. The van der Waals surface area contributed by atoms with Crippen molar-refractivity contribution in [3.05, 3.63) is 42.0 Å². The van der Waals surface area contributed by atoms with Gasteiger partial charge in [-0.05, 0) is 31.9 Å². The lowest BCUT2D eigenvalue weighted by Crippen LogP contribution is -2.52. The van der Waals surface area contributed by atoms with Crippen LogP contribution in [0.1, 0.15) is 19.8 Å². The topological polar surface area (TPSA) is 40.1 Å². The van der Waals surface area contributed by atoms with Crippen LogP contribution in [0.15, 0.2) is 47.0 Å². The van der Waals surface area contributed by atoms with Gasteiger partial charge in [-0.25, -0.2) is 0 Å². The van der Waals surface area contributed by atoms with E-state index in [-0.39, 0.29) is 0 Å². The number of rotatable bonds is 5. The molecule has 1 fully saturated rings. The number of aliphatic imine (C=N–C) groups is 1. The van der Waals surface area contributed by atoms with Gasteiger partial charge in [0.2, 0.25) is 0 Å². The second-order valence-electron chi connectivity index (χ2n) is 6.48. The summed E-state index contributed by atoms with van der Waals surface area (Å²) in [6.07, 6.45) is 4.31. The van der Waals surface area contributed by atoms with Crippen LogP contribution in [0.3, 0.4) is 0 Å². The predicted molar refractivity (Wildman–Crippen MR) is 104 cm³/mol. The lowest BCUT2D eigenvalue weighted by atomic mass is 10.1. The van der Waals surface area contributed by atoms with Crippen molar-refractivity contribution in [2.45, 2.75) is 19.8 Å². The zero-order chi connectivity index (χ0) is 17.3. The highest BCUT2D eigenvalue weighted by molar-refractivity contribution is 5.80. The van der Waals surface area contributed by atoms with Crippen LogP contribution in [0.4, 0.5) is 5.69 Å². The average molecular weight is 342 g/mol. The molecular formula is C20H30N4O. The van der Waals surface area contributed by atoms with Gasteiger partial charge in [-0.15, -0.1) is 0 Å². The Morgan fingerprint density at radius 3 is 2.64 bits per heavy atom. The minimum absolute atomic E-state index is 0.764. The maximum atomic E-state index is 5.37. The first-order valence-corrected chi connectivity index (χ1v) is 9.45. The molecule has 0 bridgehead atoms. The van der Waals surface area contributed by atoms with E-state index in [2.05, 4.69) is 58.4 Å². The molecular weight excluding hydrogens is 312 g/mol. The molecule has 2 aliphatic rings. The minimum Gasteiger partial charge on any atom is -0.377 e. The summed E-state index contributed by atoms with van der Waals surface area (Å²) in [4.78, 5) is 9.70. The molecule has 0 saturated carbocycles. The molecule has 0 unspecified atom stereocenters. The second-order valence-corrected chi connectivity index (χ2v) is 6.48. The Kier molecular flexibility index (Phi) is 6.74. The Morgan fingerprint density at radius 2 is 1.96 bits per heavy atom. The Bertz CT molecular complexity index is 577. The monoisotopic (exact) mass is 342 g/mol. The molecule has 1 saturated heterocycles. The van der Waals surface area contributed by atoms with Crippen molar-refractivity contribution in [2.24, 2.45) is 4.99 Å². The summed E-state index contributed by atoms with van der Waals surface area (Å²) in [6, 6.07) is 10.7. The fourth-order valence-corrected chi connectivity index (χ4v) is 3.34. The van der Waals surface area contributed by atoms with Gasteiger partial charge in [0.15, 0.2) is 5.96 Å². The van der Waals surface area contributed by atoms with E-state index in [0.29, 0.717) is 0 Å². The van der Waals surface area contributed by atoms with Gasteiger partial charge in [0, 0.05) is 45.0 Å². The molecule has 2 aliphatic heterocycles. The van der Waals surface area contributed by atoms with Crippen LogP contribution in [0.25, 0.3) is 0 Å². The zero-order valence-electron chi connectivity index (χ0n) is 15.3. The lowest BCUT2D eigenvalue weighted by molar-refractivity contribution is 0.153. The Balaban J connectivity index is 1.52. The summed E-state index contributed by atoms with van der Waals surface area (Å²) in [5.41, 5.74) is 2.80. The molecule has 0 atom stereocenters. The van der Waals surface area contributed by atoms with Crippen LogP contribution in [0.5, 0.6) is 0 Å². The van der Waals surface area contributed by atoms with Crippen molar-refractivity contribution in [3.8, 4) is 0 Å². The van der Waals surface area contributed by atoms with Crippen molar-refractivity contribution in [3.63, 3.8) is 0 Å². The average Bonchev–Trinajstić information content (AvgIpc) is 2.69.